The number of hydrogen-bond acceptors (Lipinski definition) is 6. The number of ether oxygens (including phenoxy) is 2. The monoisotopic (exact) mass is 337 g/mol. The number of benzene rings is 1. The largest absolute Gasteiger partial charge is 0.465 e. The van der Waals surface area contributed by atoms with Crippen LogP contribution in [0.25, 0.3) is 0 Å². The van der Waals surface area contributed by atoms with Gasteiger partial charge in [0.1, 0.15) is 19.0 Å². The molecule has 0 aliphatic rings. The first kappa shape index (κ1) is 18.9. The molecule has 4 N–H and O–H groups in total. The van der Waals surface area contributed by atoms with E-state index in [9.17, 15) is 14.4 Å². The highest BCUT2D eigenvalue weighted by Crippen LogP contribution is 2.06. The first-order chi connectivity index (χ1) is 11.4. The maximum Gasteiger partial charge on any atom is 0.412 e. The number of carboxylic acid groups (broad SMARTS) is 1. The Morgan fingerprint density at radius 1 is 1.21 bits per heavy atom. The van der Waals surface area contributed by atoms with Crippen LogP contribution in [0.4, 0.5) is 9.59 Å². The van der Waals surface area contributed by atoms with Crippen molar-refractivity contribution in [1.29, 1.82) is 5.41 Å². The van der Waals surface area contributed by atoms with Crippen molar-refractivity contribution in [3.8, 4) is 0 Å². The molecule has 0 unspecified atom stereocenters. The fourth-order valence-electron chi connectivity index (χ4n) is 1.73. The molecule has 2 amide bonds. The van der Waals surface area contributed by atoms with Crippen LogP contribution in [0.3, 0.4) is 0 Å². The molecule has 0 spiro atoms. The van der Waals surface area contributed by atoms with E-state index >= 15 is 0 Å². The second-order valence-electron chi connectivity index (χ2n) is 4.66. The van der Waals surface area contributed by atoms with E-state index in [2.05, 4.69) is 15.4 Å². The van der Waals surface area contributed by atoms with Gasteiger partial charge in [-0.05, 0) is 18.1 Å². The topological polar surface area (TPSA) is 138 Å². The third-order valence-corrected chi connectivity index (χ3v) is 2.75. The Labute approximate surface area is 138 Å². The number of carbonyl (C=O) groups excluding carboxylic acids is 2. The lowest BCUT2D eigenvalue weighted by Crippen LogP contribution is -2.32. The maximum atomic E-state index is 11.5. The highest BCUT2D eigenvalue weighted by Gasteiger charge is 2.09. The molecule has 1 rings (SSSR count). The average molecular weight is 337 g/mol. The molecule has 0 aliphatic heterocycles. The predicted molar refractivity (Wildman–Crippen MR) is 84.1 cm³/mol. The first-order valence-corrected chi connectivity index (χ1v) is 7.10. The van der Waals surface area contributed by atoms with Crippen LogP contribution in [0.5, 0.6) is 0 Å². The Bertz CT molecular complexity index is 617. The van der Waals surface area contributed by atoms with E-state index in [1.54, 1.807) is 24.3 Å². The summed E-state index contributed by atoms with van der Waals surface area (Å²) < 4.78 is 9.37. The molecular formula is C15H19N3O6. The summed E-state index contributed by atoms with van der Waals surface area (Å²) in [5, 5.41) is 20.9. The molecule has 0 radical (unpaired) electrons. The van der Waals surface area contributed by atoms with E-state index in [1.807, 2.05) is 0 Å². The third kappa shape index (κ3) is 7.78. The fraction of sp³-hybridized carbons (Fsp3) is 0.333. The molecule has 9 heteroatoms. The SMILES string of the molecule is CC(=O)OCCOC(=O)NC(=N)c1cccc(CCNC(=O)O)c1. The van der Waals surface area contributed by atoms with Crippen molar-refractivity contribution < 1.29 is 29.0 Å². The number of esters is 1. The highest BCUT2D eigenvalue weighted by atomic mass is 16.6. The second kappa shape index (κ2) is 9.82. The second-order valence-corrected chi connectivity index (χ2v) is 4.66. The zero-order chi connectivity index (χ0) is 17.9. The van der Waals surface area contributed by atoms with Gasteiger partial charge < -0.3 is 19.9 Å². The van der Waals surface area contributed by atoms with Gasteiger partial charge in [0, 0.05) is 19.0 Å². The number of hydrogen-bond donors (Lipinski definition) is 4. The molecule has 0 saturated carbocycles. The zero-order valence-corrected chi connectivity index (χ0v) is 13.1. The van der Waals surface area contributed by atoms with Crippen LogP contribution in [0, 0.1) is 5.41 Å². The molecule has 1 aromatic carbocycles. The van der Waals surface area contributed by atoms with E-state index < -0.39 is 18.2 Å². The van der Waals surface area contributed by atoms with Gasteiger partial charge in [-0.15, -0.1) is 0 Å². The number of nitrogens with one attached hydrogen (secondary N) is 3. The van der Waals surface area contributed by atoms with Crippen molar-refractivity contribution in [1.82, 2.24) is 10.6 Å². The van der Waals surface area contributed by atoms with Crippen LogP contribution in [0.15, 0.2) is 24.3 Å². The minimum absolute atomic E-state index is 0.0534. The molecule has 0 aromatic heterocycles. The molecule has 9 nitrogen and oxygen atoms in total. The van der Waals surface area contributed by atoms with Crippen molar-refractivity contribution in [2.45, 2.75) is 13.3 Å². The summed E-state index contributed by atoms with van der Waals surface area (Å²) in [4.78, 5) is 32.5. The lowest BCUT2D eigenvalue weighted by Gasteiger charge is -2.09. The van der Waals surface area contributed by atoms with Crippen LogP contribution < -0.4 is 10.6 Å². The molecule has 24 heavy (non-hydrogen) atoms. The van der Waals surface area contributed by atoms with Crippen LogP contribution in [0.1, 0.15) is 18.1 Å². The summed E-state index contributed by atoms with van der Waals surface area (Å²) in [6.45, 7) is 1.33. The summed E-state index contributed by atoms with van der Waals surface area (Å²) in [6.07, 6.45) is -1.47. The van der Waals surface area contributed by atoms with Gasteiger partial charge in [-0.3, -0.25) is 15.5 Å². The van der Waals surface area contributed by atoms with E-state index in [4.69, 9.17) is 15.3 Å². The molecule has 0 aliphatic carbocycles. The standard InChI is InChI=1S/C15H19N3O6/c1-10(19)23-7-8-24-15(22)18-13(16)12-4-2-3-11(9-12)5-6-17-14(20)21/h2-4,9,17H,5-8H2,1H3,(H,20,21)(H2,16,18,22). The van der Waals surface area contributed by atoms with Gasteiger partial charge >= 0.3 is 18.2 Å². The Kier molecular flexibility index (Phi) is 7.76. The van der Waals surface area contributed by atoms with Crippen molar-refractivity contribution in [3.05, 3.63) is 35.4 Å². The summed E-state index contributed by atoms with van der Waals surface area (Å²) in [6, 6.07) is 6.80. The summed E-state index contributed by atoms with van der Waals surface area (Å²) in [7, 11) is 0. The summed E-state index contributed by atoms with van der Waals surface area (Å²) >= 11 is 0. The molecular weight excluding hydrogens is 318 g/mol. The van der Waals surface area contributed by atoms with E-state index in [-0.39, 0.29) is 25.6 Å². The number of alkyl carbamates (subject to hydrolysis) is 1. The zero-order valence-electron chi connectivity index (χ0n) is 13.1. The average Bonchev–Trinajstić information content (AvgIpc) is 2.51. The highest BCUT2D eigenvalue weighted by molar-refractivity contribution is 6.04. The van der Waals surface area contributed by atoms with Gasteiger partial charge in [0.15, 0.2) is 0 Å². The van der Waals surface area contributed by atoms with E-state index in [0.29, 0.717) is 12.0 Å². The molecule has 1 aromatic rings. The van der Waals surface area contributed by atoms with Gasteiger partial charge in [-0.1, -0.05) is 18.2 Å². The van der Waals surface area contributed by atoms with Crippen molar-refractivity contribution in [2.24, 2.45) is 0 Å². The lowest BCUT2D eigenvalue weighted by molar-refractivity contribution is -0.141. The molecule has 0 bridgehead atoms. The molecule has 0 saturated heterocycles. The number of amidine groups is 1. The van der Waals surface area contributed by atoms with Gasteiger partial charge in [0.05, 0.1) is 0 Å². The summed E-state index contributed by atoms with van der Waals surface area (Å²) in [5.74, 6) is -0.624. The van der Waals surface area contributed by atoms with Crippen molar-refractivity contribution >= 4 is 24.0 Å². The summed E-state index contributed by atoms with van der Waals surface area (Å²) in [5.41, 5.74) is 1.27. The Morgan fingerprint density at radius 3 is 2.58 bits per heavy atom. The minimum Gasteiger partial charge on any atom is -0.465 e. The quantitative estimate of drug-likeness (QED) is 0.254. The Hall–Kier alpha value is -3.10. The minimum atomic E-state index is -1.10. The van der Waals surface area contributed by atoms with Gasteiger partial charge in [-0.25, -0.2) is 9.59 Å². The van der Waals surface area contributed by atoms with E-state index in [1.165, 1.54) is 6.92 Å². The molecule has 130 valence electrons. The number of rotatable bonds is 7. The Morgan fingerprint density at radius 2 is 1.92 bits per heavy atom. The number of amides is 2. The van der Waals surface area contributed by atoms with Crippen LogP contribution in [-0.2, 0) is 20.7 Å². The van der Waals surface area contributed by atoms with Crippen LogP contribution in [-0.4, -0.2) is 48.9 Å². The van der Waals surface area contributed by atoms with Crippen LogP contribution in [0.2, 0.25) is 0 Å². The number of carbonyl (C=O) groups is 3. The van der Waals surface area contributed by atoms with Crippen molar-refractivity contribution in [3.63, 3.8) is 0 Å². The molecule has 0 atom stereocenters. The van der Waals surface area contributed by atoms with Crippen molar-refractivity contribution in [2.75, 3.05) is 19.8 Å². The molecule has 0 fully saturated rings. The lowest BCUT2D eigenvalue weighted by atomic mass is 10.1. The fourth-order valence-corrected chi connectivity index (χ4v) is 1.73. The Balaban J connectivity index is 2.44. The van der Waals surface area contributed by atoms with Gasteiger partial charge in [0.2, 0.25) is 0 Å². The van der Waals surface area contributed by atoms with Gasteiger partial charge in [0.25, 0.3) is 0 Å². The maximum absolute atomic E-state index is 11.5. The third-order valence-electron chi connectivity index (χ3n) is 2.75. The molecule has 0 heterocycles. The normalized spacial score (nSPS) is 9.71. The van der Waals surface area contributed by atoms with Gasteiger partial charge in [-0.2, -0.15) is 0 Å². The first-order valence-electron chi connectivity index (χ1n) is 7.10. The predicted octanol–water partition coefficient (Wildman–Crippen LogP) is 1.11. The smallest absolute Gasteiger partial charge is 0.412 e. The van der Waals surface area contributed by atoms with Crippen LogP contribution >= 0.6 is 0 Å². The van der Waals surface area contributed by atoms with E-state index in [0.717, 1.165) is 5.56 Å².